The Morgan fingerprint density at radius 3 is 1.75 bits per heavy atom. The average molecular weight is 236 g/mol. The van der Waals surface area contributed by atoms with Gasteiger partial charge in [0.25, 0.3) is 0 Å². The molecule has 1 fully saturated rings. The van der Waals surface area contributed by atoms with E-state index in [2.05, 4.69) is 0 Å². The second-order valence-electron chi connectivity index (χ2n) is 5.06. The zero-order valence-electron chi connectivity index (χ0n) is 9.93. The lowest BCUT2D eigenvalue weighted by molar-refractivity contribution is -0.423. The van der Waals surface area contributed by atoms with Crippen molar-refractivity contribution in [1.82, 2.24) is 0 Å². The molecule has 0 bridgehead atoms. The van der Waals surface area contributed by atoms with Crippen LogP contribution in [0.3, 0.4) is 0 Å². The Balaban J connectivity index is 3.30. The molecule has 0 saturated carbocycles. The van der Waals surface area contributed by atoms with Crippen molar-refractivity contribution in [3.63, 3.8) is 0 Å². The SMILES string of the molecule is C[C@]1(O)[C@@](C)(O)[C@](C)(O)[C@@H](CO)O[C@@]1(C)O. The predicted molar refractivity (Wildman–Crippen MR) is 54.5 cm³/mol. The van der Waals surface area contributed by atoms with Gasteiger partial charge in [0.05, 0.1) is 6.61 Å². The van der Waals surface area contributed by atoms with Gasteiger partial charge in [-0.25, -0.2) is 0 Å². The molecule has 0 unspecified atom stereocenters. The summed E-state index contributed by atoms with van der Waals surface area (Å²) in [5.41, 5.74) is -6.03. The van der Waals surface area contributed by atoms with Gasteiger partial charge in [-0.3, -0.25) is 0 Å². The van der Waals surface area contributed by atoms with Crippen molar-refractivity contribution in [2.45, 2.75) is 56.4 Å². The van der Waals surface area contributed by atoms with Gasteiger partial charge in [0, 0.05) is 0 Å². The van der Waals surface area contributed by atoms with E-state index >= 15 is 0 Å². The van der Waals surface area contributed by atoms with Crippen LogP contribution in [0.2, 0.25) is 0 Å². The fourth-order valence-electron chi connectivity index (χ4n) is 1.98. The maximum atomic E-state index is 10.2. The Labute approximate surface area is 94.1 Å². The zero-order chi connectivity index (χ0) is 13.0. The van der Waals surface area contributed by atoms with Crippen LogP contribution in [0.1, 0.15) is 27.7 Å². The maximum absolute atomic E-state index is 10.2. The number of rotatable bonds is 1. The third kappa shape index (κ3) is 1.42. The van der Waals surface area contributed by atoms with E-state index in [0.29, 0.717) is 0 Å². The molecule has 0 spiro atoms. The van der Waals surface area contributed by atoms with E-state index in [9.17, 15) is 20.4 Å². The van der Waals surface area contributed by atoms with Crippen LogP contribution in [0.4, 0.5) is 0 Å². The van der Waals surface area contributed by atoms with Crippen molar-refractivity contribution in [2.75, 3.05) is 6.61 Å². The average Bonchev–Trinajstić information content (AvgIpc) is 2.11. The molecule has 6 heteroatoms. The fraction of sp³-hybridized carbons (Fsp3) is 1.00. The van der Waals surface area contributed by atoms with E-state index in [-0.39, 0.29) is 0 Å². The Morgan fingerprint density at radius 2 is 1.38 bits per heavy atom. The third-order valence-corrected chi connectivity index (χ3v) is 4.00. The lowest BCUT2D eigenvalue weighted by atomic mass is 9.65. The normalized spacial score (nSPS) is 58.7. The minimum atomic E-state index is -2.09. The van der Waals surface area contributed by atoms with E-state index < -0.39 is 35.3 Å². The first-order valence-electron chi connectivity index (χ1n) is 5.10. The summed E-state index contributed by atoms with van der Waals surface area (Å²) < 4.78 is 5.03. The van der Waals surface area contributed by atoms with E-state index in [1.165, 1.54) is 20.8 Å². The van der Waals surface area contributed by atoms with Crippen LogP contribution >= 0.6 is 0 Å². The molecule has 1 aliphatic rings. The molecular weight excluding hydrogens is 216 g/mol. The molecule has 5 atom stereocenters. The molecule has 0 aromatic carbocycles. The van der Waals surface area contributed by atoms with Gasteiger partial charge in [-0.15, -0.1) is 0 Å². The van der Waals surface area contributed by atoms with Crippen molar-refractivity contribution in [3.05, 3.63) is 0 Å². The molecule has 0 aromatic heterocycles. The minimum Gasteiger partial charge on any atom is -0.394 e. The van der Waals surface area contributed by atoms with Crippen molar-refractivity contribution in [2.24, 2.45) is 0 Å². The topological polar surface area (TPSA) is 110 Å². The Kier molecular flexibility index (Phi) is 2.92. The van der Waals surface area contributed by atoms with E-state index in [4.69, 9.17) is 9.84 Å². The zero-order valence-corrected chi connectivity index (χ0v) is 9.93. The molecule has 5 N–H and O–H groups in total. The summed E-state index contributed by atoms with van der Waals surface area (Å²) in [5.74, 6) is -2.08. The monoisotopic (exact) mass is 236 g/mol. The van der Waals surface area contributed by atoms with Crippen molar-refractivity contribution in [1.29, 1.82) is 0 Å². The highest BCUT2D eigenvalue weighted by Crippen LogP contribution is 2.47. The highest BCUT2D eigenvalue weighted by molar-refractivity contribution is 5.16. The summed E-state index contributed by atoms with van der Waals surface area (Å²) in [5, 5.41) is 49.4. The molecule has 16 heavy (non-hydrogen) atoms. The molecule has 1 saturated heterocycles. The number of ether oxygens (including phenoxy) is 1. The van der Waals surface area contributed by atoms with Crippen molar-refractivity contribution >= 4 is 0 Å². The second-order valence-corrected chi connectivity index (χ2v) is 5.06. The van der Waals surface area contributed by atoms with Crippen LogP contribution < -0.4 is 0 Å². The van der Waals surface area contributed by atoms with Gasteiger partial charge < -0.3 is 30.3 Å². The van der Waals surface area contributed by atoms with Crippen molar-refractivity contribution < 1.29 is 30.3 Å². The van der Waals surface area contributed by atoms with Crippen LogP contribution in [-0.2, 0) is 4.74 Å². The van der Waals surface area contributed by atoms with E-state index in [1.807, 2.05) is 0 Å². The summed E-state index contributed by atoms with van der Waals surface area (Å²) in [6, 6.07) is 0. The van der Waals surface area contributed by atoms with Crippen LogP contribution in [0.15, 0.2) is 0 Å². The molecule has 0 aromatic rings. The van der Waals surface area contributed by atoms with Crippen molar-refractivity contribution in [3.8, 4) is 0 Å². The third-order valence-electron chi connectivity index (χ3n) is 4.00. The molecule has 96 valence electrons. The quantitative estimate of drug-likeness (QED) is 0.373. The number of hydrogen-bond donors (Lipinski definition) is 5. The van der Waals surface area contributed by atoms with Gasteiger partial charge in [-0.05, 0) is 27.7 Å². The maximum Gasteiger partial charge on any atom is 0.195 e. The second kappa shape index (κ2) is 3.38. The fourth-order valence-corrected chi connectivity index (χ4v) is 1.98. The lowest BCUT2D eigenvalue weighted by Crippen LogP contribution is -2.80. The Hall–Kier alpha value is -0.240. The first-order valence-corrected chi connectivity index (χ1v) is 5.10. The first-order chi connectivity index (χ1) is 6.92. The summed E-state index contributed by atoms with van der Waals surface area (Å²) >= 11 is 0. The number of aliphatic hydroxyl groups is 5. The van der Waals surface area contributed by atoms with Crippen LogP contribution in [0, 0.1) is 0 Å². The van der Waals surface area contributed by atoms with Gasteiger partial charge >= 0.3 is 0 Å². The van der Waals surface area contributed by atoms with Gasteiger partial charge in [-0.1, -0.05) is 0 Å². The largest absolute Gasteiger partial charge is 0.394 e. The van der Waals surface area contributed by atoms with Gasteiger partial charge in [0.2, 0.25) is 0 Å². The molecule has 6 nitrogen and oxygen atoms in total. The van der Waals surface area contributed by atoms with E-state index in [0.717, 1.165) is 6.92 Å². The molecule has 0 amide bonds. The first kappa shape index (κ1) is 13.8. The summed E-state index contributed by atoms with van der Waals surface area (Å²) in [4.78, 5) is 0. The smallest absolute Gasteiger partial charge is 0.195 e. The standard InChI is InChI=1S/C10H20O6/c1-7(12)6(5-11)16-10(4,15)9(3,14)8(7,2)13/h6,11-15H,5H2,1-4H3/t6-,7-,8+,9+,10-/m1/s1. The number of aliphatic hydroxyl groups excluding tert-OH is 1. The van der Waals surface area contributed by atoms with Crippen LogP contribution in [0.5, 0.6) is 0 Å². The molecule has 1 heterocycles. The highest BCUT2D eigenvalue weighted by atomic mass is 16.7. The number of hydrogen-bond acceptors (Lipinski definition) is 6. The van der Waals surface area contributed by atoms with Gasteiger partial charge in [0.1, 0.15) is 22.9 Å². The Morgan fingerprint density at radius 1 is 0.938 bits per heavy atom. The van der Waals surface area contributed by atoms with Crippen LogP contribution in [0.25, 0.3) is 0 Å². The summed E-state index contributed by atoms with van der Waals surface area (Å²) in [7, 11) is 0. The van der Waals surface area contributed by atoms with Gasteiger partial charge in [-0.2, -0.15) is 0 Å². The minimum absolute atomic E-state index is 0.588. The molecule has 0 aliphatic carbocycles. The summed E-state index contributed by atoms with van der Waals surface area (Å²) in [6.45, 7) is 4.16. The molecular formula is C10H20O6. The highest BCUT2D eigenvalue weighted by Gasteiger charge is 2.69. The lowest BCUT2D eigenvalue weighted by Gasteiger charge is -2.60. The van der Waals surface area contributed by atoms with Gasteiger partial charge in [0.15, 0.2) is 5.79 Å². The molecule has 1 aliphatic heterocycles. The molecule has 0 radical (unpaired) electrons. The predicted octanol–water partition coefficient (Wildman–Crippen LogP) is -1.66. The van der Waals surface area contributed by atoms with E-state index in [1.54, 1.807) is 0 Å². The summed E-state index contributed by atoms with van der Waals surface area (Å²) in [6.07, 6.45) is -1.20. The molecule has 1 rings (SSSR count). The van der Waals surface area contributed by atoms with Crippen LogP contribution in [-0.4, -0.2) is 60.8 Å². The Bertz CT molecular complexity index is 281.